The summed E-state index contributed by atoms with van der Waals surface area (Å²) in [7, 11) is 0. The van der Waals surface area contributed by atoms with E-state index in [1.54, 1.807) is 20.8 Å². The maximum Gasteiger partial charge on any atom is 0.416 e. The Labute approximate surface area is 178 Å². The lowest BCUT2D eigenvalue weighted by molar-refractivity contribution is -0.137. The second kappa shape index (κ2) is 10.3. The molecular weight excluding hydrogens is 413 g/mol. The van der Waals surface area contributed by atoms with Crippen LogP contribution in [0.5, 0.6) is 0 Å². The predicted octanol–water partition coefficient (Wildman–Crippen LogP) is 4.75. The highest BCUT2D eigenvalue weighted by molar-refractivity contribution is 5.96. The highest BCUT2D eigenvalue weighted by Gasteiger charge is 2.31. The van der Waals surface area contributed by atoms with E-state index in [1.165, 1.54) is 12.1 Å². The van der Waals surface area contributed by atoms with E-state index in [1.807, 2.05) is 30.3 Å². The molecule has 0 aliphatic heterocycles. The molecule has 168 valence electrons. The molecule has 6 nitrogen and oxygen atoms in total. The number of benzene rings is 2. The molecular formula is C22H25F3N2O4. The maximum absolute atomic E-state index is 12.9. The van der Waals surface area contributed by atoms with E-state index in [4.69, 9.17) is 9.47 Å². The molecule has 2 aromatic rings. The first-order valence-electron chi connectivity index (χ1n) is 9.53. The van der Waals surface area contributed by atoms with Gasteiger partial charge in [0.2, 0.25) is 5.91 Å². The van der Waals surface area contributed by atoms with Crippen molar-refractivity contribution in [1.29, 1.82) is 0 Å². The molecule has 0 saturated heterocycles. The molecule has 31 heavy (non-hydrogen) atoms. The largest absolute Gasteiger partial charge is 0.444 e. The number of anilines is 1. The molecule has 0 aromatic heterocycles. The van der Waals surface area contributed by atoms with Crippen LogP contribution < -0.4 is 10.6 Å². The number of rotatable bonds is 7. The number of alkyl carbamates (subject to hydrolysis) is 1. The van der Waals surface area contributed by atoms with E-state index < -0.39 is 35.4 Å². The molecule has 0 spiro atoms. The zero-order valence-electron chi connectivity index (χ0n) is 17.5. The summed E-state index contributed by atoms with van der Waals surface area (Å²) >= 11 is 0. The average Bonchev–Trinajstić information content (AvgIpc) is 2.66. The van der Waals surface area contributed by atoms with Crippen LogP contribution in [0, 0.1) is 0 Å². The maximum atomic E-state index is 12.9. The highest BCUT2D eigenvalue weighted by atomic mass is 19.4. The molecule has 0 fully saturated rings. The Morgan fingerprint density at radius 2 is 1.68 bits per heavy atom. The Balaban J connectivity index is 2.08. The Morgan fingerprint density at radius 1 is 1.00 bits per heavy atom. The molecule has 0 heterocycles. The Morgan fingerprint density at radius 3 is 2.29 bits per heavy atom. The summed E-state index contributed by atoms with van der Waals surface area (Å²) in [4.78, 5) is 24.8. The van der Waals surface area contributed by atoms with Gasteiger partial charge in [0, 0.05) is 5.69 Å². The van der Waals surface area contributed by atoms with Gasteiger partial charge in [-0.2, -0.15) is 13.2 Å². The molecule has 0 saturated carbocycles. The molecule has 2 aromatic carbocycles. The third-order valence-electron chi connectivity index (χ3n) is 3.86. The number of carbonyl (C=O) groups excluding carboxylic acids is 2. The van der Waals surface area contributed by atoms with Gasteiger partial charge in [0.1, 0.15) is 11.6 Å². The lowest BCUT2D eigenvalue weighted by Crippen LogP contribution is -2.48. The van der Waals surface area contributed by atoms with Gasteiger partial charge in [0.25, 0.3) is 0 Å². The smallest absolute Gasteiger partial charge is 0.416 e. The molecule has 1 unspecified atom stereocenters. The number of alkyl halides is 3. The minimum absolute atomic E-state index is 0.0566. The van der Waals surface area contributed by atoms with Gasteiger partial charge in [-0.3, -0.25) is 4.79 Å². The van der Waals surface area contributed by atoms with Crippen molar-refractivity contribution in [1.82, 2.24) is 5.32 Å². The quantitative estimate of drug-likeness (QED) is 0.654. The van der Waals surface area contributed by atoms with E-state index in [0.29, 0.717) is 0 Å². The van der Waals surface area contributed by atoms with E-state index in [-0.39, 0.29) is 18.9 Å². The van der Waals surface area contributed by atoms with Crippen molar-refractivity contribution in [3.63, 3.8) is 0 Å². The normalized spacial score (nSPS) is 12.7. The van der Waals surface area contributed by atoms with Gasteiger partial charge < -0.3 is 20.1 Å². The van der Waals surface area contributed by atoms with Crippen LogP contribution in [-0.4, -0.2) is 30.3 Å². The Kier molecular flexibility index (Phi) is 8.04. The van der Waals surface area contributed by atoms with Crippen molar-refractivity contribution in [2.75, 3.05) is 11.9 Å². The second-order valence-corrected chi connectivity index (χ2v) is 7.77. The van der Waals surface area contributed by atoms with Crippen molar-refractivity contribution in [3.05, 3.63) is 65.7 Å². The van der Waals surface area contributed by atoms with Crippen LogP contribution in [0.2, 0.25) is 0 Å². The topological polar surface area (TPSA) is 76.7 Å². The predicted molar refractivity (Wildman–Crippen MR) is 109 cm³/mol. The second-order valence-electron chi connectivity index (χ2n) is 7.77. The Hall–Kier alpha value is -3.07. The fourth-order valence-corrected chi connectivity index (χ4v) is 2.50. The van der Waals surface area contributed by atoms with E-state index >= 15 is 0 Å². The van der Waals surface area contributed by atoms with Gasteiger partial charge in [-0.25, -0.2) is 4.79 Å². The SMILES string of the molecule is CC(C)(C)OC(=O)NC(COCc1ccccc1)C(=O)Nc1cccc(C(F)(F)F)c1. The number of hydrogen-bond acceptors (Lipinski definition) is 4. The van der Waals surface area contributed by atoms with Crippen LogP contribution in [0.15, 0.2) is 54.6 Å². The molecule has 0 radical (unpaired) electrons. The number of carbonyl (C=O) groups is 2. The summed E-state index contributed by atoms with van der Waals surface area (Å²) < 4.78 is 49.4. The van der Waals surface area contributed by atoms with Crippen LogP contribution in [-0.2, 0) is 27.1 Å². The summed E-state index contributed by atoms with van der Waals surface area (Å²) in [6, 6.07) is 12.2. The van der Waals surface area contributed by atoms with Gasteiger partial charge in [-0.15, -0.1) is 0 Å². The first-order valence-corrected chi connectivity index (χ1v) is 9.53. The highest BCUT2D eigenvalue weighted by Crippen LogP contribution is 2.30. The van der Waals surface area contributed by atoms with E-state index in [9.17, 15) is 22.8 Å². The molecule has 2 rings (SSSR count). The van der Waals surface area contributed by atoms with Crippen LogP contribution in [0.25, 0.3) is 0 Å². The molecule has 0 aliphatic rings. The number of amides is 2. The van der Waals surface area contributed by atoms with Crippen molar-refractivity contribution in [2.45, 2.75) is 45.2 Å². The van der Waals surface area contributed by atoms with Gasteiger partial charge in [-0.05, 0) is 44.5 Å². The monoisotopic (exact) mass is 438 g/mol. The van der Waals surface area contributed by atoms with Crippen molar-refractivity contribution < 1.29 is 32.2 Å². The van der Waals surface area contributed by atoms with Gasteiger partial charge in [0.05, 0.1) is 18.8 Å². The molecule has 2 amide bonds. The van der Waals surface area contributed by atoms with Crippen molar-refractivity contribution in [2.24, 2.45) is 0 Å². The minimum Gasteiger partial charge on any atom is -0.444 e. The lowest BCUT2D eigenvalue weighted by atomic mass is 10.2. The molecule has 9 heteroatoms. The fraction of sp³-hybridized carbons (Fsp3) is 0.364. The van der Waals surface area contributed by atoms with Gasteiger partial charge >= 0.3 is 12.3 Å². The number of nitrogens with one attached hydrogen (secondary N) is 2. The summed E-state index contributed by atoms with van der Waals surface area (Å²) in [5.74, 6) is -0.738. The fourth-order valence-electron chi connectivity index (χ4n) is 2.50. The van der Waals surface area contributed by atoms with Crippen LogP contribution in [0.3, 0.4) is 0 Å². The standard InChI is InChI=1S/C22H25F3N2O4/c1-21(2,3)31-20(29)27-18(14-30-13-15-8-5-4-6-9-15)19(28)26-17-11-7-10-16(12-17)22(23,24)25/h4-12,18H,13-14H2,1-3H3,(H,26,28)(H,27,29). The molecule has 0 bridgehead atoms. The zero-order valence-corrected chi connectivity index (χ0v) is 17.5. The summed E-state index contributed by atoms with van der Waals surface area (Å²) in [5, 5.41) is 4.79. The molecule has 2 N–H and O–H groups in total. The van der Waals surface area contributed by atoms with E-state index in [2.05, 4.69) is 10.6 Å². The summed E-state index contributed by atoms with van der Waals surface area (Å²) in [6.07, 6.45) is -5.40. The Bertz CT molecular complexity index is 880. The average molecular weight is 438 g/mol. The molecule has 1 atom stereocenters. The van der Waals surface area contributed by atoms with Crippen molar-refractivity contribution >= 4 is 17.7 Å². The van der Waals surface area contributed by atoms with E-state index in [0.717, 1.165) is 17.7 Å². The zero-order chi connectivity index (χ0) is 23.1. The van der Waals surface area contributed by atoms with Crippen LogP contribution in [0.4, 0.5) is 23.7 Å². The summed E-state index contributed by atoms with van der Waals surface area (Å²) in [5.41, 5.74) is -0.894. The minimum atomic E-state index is -4.55. The first-order chi connectivity index (χ1) is 14.4. The first kappa shape index (κ1) is 24.2. The van der Waals surface area contributed by atoms with Crippen LogP contribution >= 0.6 is 0 Å². The molecule has 0 aliphatic carbocycles. The summed E-state index contributed by atoms with van der Waals surface area (Å²) in [6.45, 7) is 4.96. The number of ether oxygens (including phenoxy) is 2. The van der Waals surface area contributed by atoms with Gasteiger partial charge in [-0.1, -0.05) is 36.4 Å². The third kappa shape index (κ3) is 8.67. The lowest BCUT2D eigenvalue weighted by Gasteiger charge is -2.23. The number of halogens is 3. The number of hydrogen-bond donors (Lipinski definition) is 2. The van der Waals surface area contributed by atoms with Gasteiger partial charge in [0.15, 0.2) is 0 Å². The third-order valence-corrected chi connectivity index (χ3v) is 3.86. The van der Waals surface area contributed by atoms with Crippen molar-refractivity contribution in [3.8, 4) is 0 Å². The van der Waals surface area contributed by atoms with Crippen LogP contribution in [0.1, 0.15) is 31.9 Å².